The molecule has 3 rings (SSSR count). The lowest BCUT2D eigenvalue weighted by atomic mass is 10.1. The normalized spacial score (nSPS) is 16.2. The summed E-state index contributed by atoms with van der Waals surface area (Å²) in [5, 5.41) is 2.63. The van der Waals surface area contributed by atoms with Gasteiger partial charge in [0.25, 0.3) is 5.91 Å². The molecule has 7 heteroatoms. The summed E-state index contributed by atoms with van der Waals surface area (Å²) in [6.45, 7) is 1.71. The SMILES string of the molecule is CC1Oc2ccc(NC(=O)CCl)cc2N(Cc2ccccc2F)C1=O. The zero-order valence-corrected chi connectivity index (χ0v) is 14.2. The van der Waals surface area contributed by atoms with Crippen LogP contribution >= 0.6 is 11.6 Å². The average molecular weight is 363 g/mol. The Labute approximate surface area is 149 Å². The number of ether oxygens (including phenoxy) is 1. The predicted octanol–water partition coefficient (Wildman–Crippen LogP) is 3.32. The van der Waals surface area contributed by atoms with Gasteiger partial charge < -0.3 is 15.0 Å². The van der Waals surface area contributed by atoms with Crippen LogP contribution in [0.3, 0.4) is 0 Å². The van der Waals surface area contributed by atoms with Gasteiger partial charge in [0.1, 0.15) is 17.4 Å². The molecule has 2 aromatic rings. The van der Waals surface area contributed by atoms with Crippen molar-refractivity contribution >= 4 is 34.8 Å². The molecule has 0 fully saturated rings. The smallest absolute Gasteiger partial charge is 0.268 e. The molecule has 0 radical (unpaired) electrons. The van der Waals surface area contributed by atoms with Crippen LogP contribution in [0.15, 0.2) is 42.5 Å². The van der Waals surface area contributed by atoms with E-state index >= 15 is 0 Å². The number of benzene rings is 2. The number of halogens is 2. The quantitative estimate of drug-likeness (QED) is 0.849. The first kappa shape index (κ1) is 17.2. The lowest BCUT2D eigenvalue weighted by molar-refractivity contribution is -0.125. The molecule has 25 heavy (non-hydrogen) atoms. The van der Waals surface area contributed by atoms with Gasteiger partial charge in [-0.2, -0.15) is 0 Å². The van der Waals surface area contributed by atoms with Gasteiger partial charge in [-0.25, -0.2) is 4.39 Å². The summed E-state index contributed by atoms with van der Waals surface area (Å²) in [6, 6.07) is 11.2. The van der Waals surface area contributed by atoms with Crippen molar-refractivity contribution in [2.45, 2.75) is 19.6 Å². The standard InChI is InChI=1S/C18H16ClFN2O3/c1-11-18(24)22(10-12-4-2-3-5-14(12)20)15-8-13(21-17(23)9-19)6-7-16(15)25-11/h2-8,11H,9-10H2,1H3,(H,21,23). The molecule has 5 nitrogen and oxygen atoms in total. The number of nitrogens with zero attached hydrogens (tertiary/aromatic N) is 1. The van der Waals surface area contributed by atoms with Gasteiger partial charge in [0.05, 0.1) is 12.2 Å². The number of nitrogens with one attached hydrogen (secondary N) is 1. The molecule has 0 saturated heterocycles. The minimum absolute atomic E-state index is 0.0686. The first-order chi connectivity index (χ1) is 12.0. The maximum Gasteiger partial charge on any atom is 0.268 e. The molecule has 2 amide bonds. The van der Waals surface area contributed by atoms with Crippen LogP contribution in [0.4, 0.5) is 15.8 Å². The second-order valence-electron chi connectivity index (χ2n) is 5.64. The highest BCUT2D eigenvalue weighted by atomic mass is 35.5. The Kier molecular flexibility index (Phi) is 4.90. The summed E-state index contributed by atoms with van der Waals surface area (Å²) >= 11 is 5.50. The molecule has 1 N–H and O–H groups in total. The predicted molar refractivity (Wildman–Crippen MR) is 93.5 cm³/mol. The fourth-order valence-corrected chi connectivity index (χ4v) is 2.71. The summed E-state index contributed by atoms with van der Waals surface area (Å²) in [5.41, 5.74) is 1.35. The first-order valence-electron chi connectivity index (χ1n) is 7.71. The fraction of sp³-hybridized carbons (Fsp3) is 0.222. The minimum Gasteiger partial charge on any atom is -0.479 e. The van der Waals surface area contributed by atoms with Gasteiger partial charge in [-0.3, -0.25) is 9.59 Å². The van der Waals surface area contributed by atoms with Crippen molar-refractivity contribution in [2.24, 2.45) is 0 Å². The Bertz CT molecular complexity index is 828. The topological polar surface area (TPSA) is 58.6 Å². The highest BCUT2D eigenvalue weighted by Crippen LogP contribution is 2.37. The fourth-order valence-electron chi connectivity index (χ4n) is 2.64. The van der Waals surface area contributed by atoms with Crippen LogP contribution in [0.25, 0.3) is 0 Å². The second kappa shape index (κ2) is 7.11. The van der Waals surface area contributed by atoms with Gasteiger partial charge in [0.15, 0.2) is 6.10 Å². The number of alkyl halides is 1. The Morgan fingerprint density at radius 2 is 2.08 bits per heavy atom. The molecule has 0 saturated carbocycles. The van der Waals surface area contributed by atoms with E-state index in [-0.39, 0.29) is 30.1 Å². The van der Waals surface area contributed by atoms with E-state index < -0.39 is 6.10 Å². The molecule has 2 aromatic carbocycles. The highest BCUT2D eigenvalue weighted by Gasteiger charge is 2.32. The summed E-state index contributed by atoms with van der Waals surface area (Å²) in [5.74, 6) is -0.715. The van der Waals surface area contributed by atoms with Crippen LogP contribution in [-0.4, -0.2) is 23.8 Å². The summed E-state index contributed by atoms with van der Waals surface area (Å²) < 4.78 is 19.6. The van der Waals surface area contributed by atoms with E-state index in [1.165, 1.54) is 11.0 Å². The molecule has 0 bridgehead atoms. The zero-order chi connectivity index (χ0) is 18.0. The van der Waals surface area contributed by atoms with Crippen molar-refractivity contribution in [3.8, 4) is 5.75 Å². The van der Waals surface area contributed by atoms with Gasteiger partial charge >= 0.3 is 0 Å². The van der Waals surface area contributed by atoms with Crippen molar-refractivity contribution in [1.29, 1.82) is 0 Å². The molecule has 1 atom stereocenters. The van der Waals surface area contributed by atoms with Crippen LogP contribution in [0.5, 0.6) is 5.75 Å². The molecule has 0 aromatic heterocycles. The number of amides is 2. The Morgan fingerprint density at radius 1 is 1.32 bits per heavy atom. The van der Waals surface area contributed by atoms with Crippen molar-refractivity contribution in [1.82, 2.24) is 0 Å². The van der Waals surface area contributed by atoms with E-state index in [0.29, 0.717) is 22.7 Å². The van der Waals surface area contributed by atoms with Crippen LogP contribution < -0.4 is 15.0 Å². The van der Waals surface area contributed by atoms with Gasteiger partial charge in [-0.15, -0.1) is 11.6 Å². The highest BCUT2D eigenvalue weighted by molar-refractivity contribution is 6.29. The molecular weight excluding hydrogens is 347 g/mol. The van der Waals surface area contributed by atoms with E-state index in [4.69, 9.17) is 16.3 Å². The maximum atomic E-state index is 14.0. The van der Waals surface area contributed by atoms with Crippen molar-refractivity contribution in [3.05, 3.63) is 53.8 Å². The van der Waals surface area contributed by atoms with Crippen molar-refractivity contribution in [3.63, 3.8) is 0 Å². The Hall–Kier alpha value is -2.60. The Balaban J connectivity index is 1.98. The third-order valence-corrected chi connectivity index (χ3v) is 4.10. The van der Waals surface area contributed by atoms with Crippen LogP contribution in [0.1, 0.15) is 12.5 Å². The van der Waals surface area contributed by atoms with Crippen LogP contribution in [0, 0.1) is 5.82 Å². The van der Waals surface area contributed by atoms with Crippen molar-refractivity contribution < 1.29 is 18.7 Å². The molecule has 0 aliphatic carbocycles. The molecule has 130 valence electrons. The average Bonchev–Trinajstić information content (AvgIpc) is 2.61. The largest absolute Gasteiger partial charge is 0.479 e. The van der Waals surface area contributed by atoms with Gasteiger partial charge in [-0.05, 0) is 31.2 Å². The van der Waals surface area contributed by atoms with E-state index in [0.717, 1.165) is 0 Å². The number of carbonyl (C=O) groups excluding carboxylic acids is 2. The number of hydrogen-bond donors (Lipinski definition) is 1. The van der Waals surface area contributed by atoms with E-state index in [1.54, 1.807) is 43.3 Å². The van der Waals surface area contributed by atoms with Gasteiger partial charge in [0, 0.05) is 11.3 Å². The van der Waals surface area contributed by atoms with Gasteiger partial charge in [-0.1, -0.05) is 18.2 Å². The summed E-state index contributed by atoms with van der Waals surface area (Å²) in [7, 11) is 0. The molecule has 1 aliphatic rings. The third-order valence-electron chi connectivity index (χ3n) is 3.86. The molecule has 1 unspecified atom stereocenters. The minimum atomic E-state index is -0.678. The van der Waals surface area contributed by atoms with Crippen LogP contribution in [0.2, 0.25) is 0 Å². The summed E-state index contributed by atoms with van der Waals surface area (Å²) in [4.78, 5) is 25.5. The third kappa shape index (κ3) is 3.58. The van der Waals surface area contributed by atoms with E-state index in [1.807, 2.05) is 0 Å². The lowest BCUT2D eigenvalue weighted by Crippen LogP contribution is -2.44. The maximum absolute atomic E-state index is 14.0. The first-order valence-corrected chi connectivity index (χ1v) is 8.24. The number of anilines is 2. The van der Waals surface area contributed by atoms with E-state index in [2.05, 4.69) is 5.32 Å². The lowest BCUT2D eigenvalue weighted by Gasteiger charge is -2.33. The molecule has 1 heterocycles. The second-order valence-corrected chi connectivity index (χ2v) is 5.91. The zero-order valence-electron chi connectivity index (χ0n) is 13.5. The number of carbonyl (C=O) groups is 2. The van der Waals surface area contributed by atoms with Crippen molar-refractivity contribution in [2.75, 3.05) is 16.1 Å². The van der Waals surface area contributed by atoms with Crippen LogP contribution in [-0.2, 0) is 16.1 Å². The molecule has 1 aliphatic heterocycles. The van der Waals surface area contributed by atoms with Gasteiger partial charge in [0.2, 0.25) is 5.91 Å². The number of fused-ring (bicyclic) bond motifs is 1. The molecular formula is C18H16ClFN2O3. The van der Waals surface area contributed by atoms with E-state index in [9.17, 15) is 14.0 Å². The number of rotatable bonds is 4. The number of hydrogen-bond acceptors (Lipinski definition) is 3. The summed E-state index contributed by atoms with van der Waals surface area (Å²) in [6.07, 6.45) is -0.678. The molecule has 0 spiro atoms. The monoisotopic (exact) mass is 362 g/mol. The Morgan fingerprint density at radius 3 is 2.80 bits per heavy atom.